The van der Waals surface area contributed by atoms with Gasteiger partial charge in [0.05, 0.1) is 27.2 Å². The molecule has 7 rings (SSSR count). The lowest BCUT2D eigenvalue weighted by Gasteiger charge is -2.27. The van der Waals surface area contributed by atoms with E-state index in [2.05, 4.69) is 20.5 Å². The molecule has 2 aliphatic rings. The summed E-state index contributed by atoms with van der Waals surface area (Å²) in [6.07, 6.45) is 15.4. The average Bonchev–Trinajstić information content (AvgIpc) is 3.96. The van der Waals surface area contributed by atoms with Crippen LogP contribution in [0.4, 0.5) is 11.4 Å². The lowest BCUT2D eigenvalue weighted by atomic mass is 9.79. The summed E-state index contributed by atoms with van der Waals surface area (Å²) in [7, 11) is -16.6. The molecular formula is C50H62N7O12S4+. The molecule has 2 aliphatic heterocycles. The lowest BCUT2D eigenvalue weighted by molar-refractivity contribution is -0.437. The van der Waals surface area contributed by atoms with Gasteiger partial charge in [-0.05, 0) is 85.9 Å². The third-order valence-electron chi connectivity index (χ3n) is 13.5. The van der Waals surface area contributed by atoms with Crippen LogP contribution < -0.4 is 10.2 Å². The van der Waals surface area contributed by atoms with Gasteiger partial charge in [-0.3, -0.25) is 23.1 Å². The van der Waals surface area contributed by atoms with E-state index in [0.29, 0.717) is 54.5 Å². The average molecular weight is 1080 g/mol. The van der Waals surface area contributed by atoms with E-state index in [1.807, 2.05) is 81.7 Å². The molecule has 0 fully saturated rings. The first-order valence-corrected chi connectivity index (χ1v) is 29.7. The highest BCUT2D eigenvalue weighted by molar-refractivity contribution is 7.89. The molecule has 0 atom stereocenters. The number of hydrogen-bond donors (Lipinski definition) is 4. The molecule has 0 saturated carbocycles. The number of nitrogens with one attached hydrogen (secondary N) is 1. The Hall–Kier alpha value is -5.66. The van der Waals surface area contributed by atoms with Gasteiger partial charge in [0.1, 0.15) is 11.4 Å². The zero-order chi connectivity index (χ0) is 53.3. The number of allylic oxidation sites excluding steroid dienone is 6. The monoisotopic (exact) mass is 1080 g/mol. The topological polar surface area (TPSA) is 267 Å². The van der Waals surface area contributed by atoms with E-state index in [-0.39, 0.29) is 47.5 Å². The number of carbonyl (C=O) groups excluding carboxylic acids is 1. The smallest absolute Gasteiger partial charge is 0.295 e. The van der Waals surface area contributed by atoms with Crippen LogP contribution in [0.5, 0.6) is 0 Å². The normalized spacial score (nSPS) is 16.5. The van der Waals surface area contributed by atoms with Gasteiger partial charge in [0, 0.05) is 97.5 Å². The van der Waals surface area contributed by atoms with Gasteiger partial charge in [-0.1, -0.05) is 68.8 Å². The van der Waals surface area contributed by atoms with Gasteiger partial charge in [0.15, 0.2) is 5.71 Å². The van der Waals surface area contributed by atoms with E-state index in [4.69, 9.17) is 0 Å². The minimum absolute atomic E-state index is 0.0846. The minimum atomic E-state index is -4.92. The highest BCUT2D eigenvalue weighted by atomic mass is 32.2. The Balaban J connectivity index is 1.18. The number of rotatable bonds is 22. The second kappa shape index (κ2) is 21.3. The predicted molar refractivity (Wildman–Crippen MR) is 280 cm³/mol. The summed E-state index contributed by atoms with van der Waals surface area (Å²) in [6.45, 7) is 11.8. The van der Waals surface area contributed by atoms with Crippen LogP contribution >= 0.6 is 0 Å². The number of carbonyl (C=O) groups is 1. The first-order valence-electron chi connectivity index (χ1n) is 23.8. The summed E-state index contributed by atoms with van der Waals surface area (Å²) in [4.78, 5) is 13.4. The maximum absolute atomic E-state index is 14.2. The van der Waals surface area contributed by atoms with E-state index in [1.54, 1.807) is 41.3 Å². The van der Waals surface area contributed by atoms with E-state index in [0.717, 1.165) is 41.6 Å². The number of nitrogens with zero attached hydrogens (tertiary/aromatic N) is 6. The summed E-state index contributed by atoms with van der Waals surface area (Å²) < 4.78 is 137. The molecule has 23 heteroatoms. The van der Waals surface area contributed by atoms with E-state index < -0.39 is 66.8 Å². The Morgan fingerprint density at radius 1 is 0.781 bits per heavy atom. The lowest BCUT2D eigenvalue weighted by Crippen LogP contribution is -2.30. The van der Waals surface area contributed by atoms with Crippen LogP contribution in [0.3, 0.4) is 0 Å². The first kappa shape index (κ1) is 55.1. The number of benzene rings is 4. The van der Waals surface area contributed by atoms with Crippen molar-refractivity contribution in [1.82, 2.24) is 24.6 Å². The van der Waals surface area contributed by atoms with Crippen molar-refractivity contribution in [1.29, 1.82) is 0 Å². The molecule has 0 saturated heterocycles. The highest BCUT2D eigenvalue weighted by Crippen LogP contribution is 2.52. The van der Waals surface area contributed by atoms with Crippen molar-refractivity contribution in [2.45, 2.75) is 105 Å². The molecule has 4 aromatic carbocycles. The van der Waals surface area contributed by atoms with Crippen LogP contribution in [0.15, 0.2) is 118 Å². The predicted octanol–water partition coefficient (Wildman–Crippen LogP) is 6.93. The van der Waals surface area contributed by atoms with Crippen molar-refractivity contribution in [3.8, 4) is 0 Å². The molecular weight excluding hydrogens is 1020 g/mol. The minimum Gasteiger partial charge on any atom is -0.356 e. The van der Waals surface area contributed by atoms with Crippen LogP contribution in [0.1, 0.15) is 84.3 Å². The number of amides is 1. The molecule has 0 bridgehead atoms. The molecule has 0 aliphatic carbocycles. The van der Waals surface area contributed by atoms with Crippen molar-refractivity contribution in [2.24, 2.45) is 0 Å². The van der Waals surface area contributed by atoms with Gasteiger partial charge in [-0.25, -0.2) is 12.7 Å². The van der Waals surface area contributed by atoms with Crippen LogP contribution in [-0.4, -0.2) is 122 Å². The summed E-state index contributed by atoms with van der Waals surface area (Å²) in [5.41, 5.74) is 2.85. The fraction of sp³-hybridized carbons (Fsp3) is 0.400. The van der Waals surface area contributed by atoms with E-state index in [9.17, 15) is 52.1 Å². The van der Waals surface area contributed by atoms with Gasteiger partial charge in [0.25, 0.3) is 30.4 Å². The number of hydrogen-bond acceptors (Lipinski definition) is 12. The first-order chi connectivity index (χ1) is 34.2. The second-order valence-electron chi connectivity index (χ2n) is 19.3. The molecule has 1 aromatic heterocycles. The van der Waals surface area contributed by atoms with Crippen molar-refractivity contribution < 1.29 is 56.7 Å². The Morgan fingerprint density at radius 3 is 2.18 bits per heavy atom. The molecule has 4 N–H and O–H groups in total. The molecule has 0 radical (unpaired) electrons. The number of aromatic nitrogens is 3. The molecule has 73 heavy (non-hydrogen) atoms. The summed E-state index contributed by atoms with van der Waals surface area (Å²) in [6, 6.07) is 13.9. The largest absolute Gasteiger partial charge is 0.356 e. The zero-order valence-corrected chi connectivity index (χ0v) is 44.8. The molecule has 392 valence electrons. The Kier molecular flexibility index (Phi) is 16.1. The van der Waals surface area contributed by atoms with Gasteiger partial charge >= 0.3 is 0 Å². The Bertz CT molecular complexity index is 3550. The number of anilines is 1. The van der Waals surface area contributed by atoms with Crippen molar-refractivity contribution in [3.05, 3.63) is 114 Å². The Labute approximate surface area is 427 Å². The number of unbranched alkanes of at least 4 members (excludes halogenated alkanes) is 1. The standard InChI is InChI=1S/C50H61N7O12S4/c1-7-8-29-56-41-24-22-37-39(33-35(72(64,65)66)34-43(37)73(67,68)69)48(41)50(4,5)45(56)19-11-9-10-18-44-49(2,3)47-38-16-12-17-42(36(38)21-23-40(47)57(44)30-15-32-70(59,60)61)71(62,63)54(6)27-13-20-46(58)51-25-14-28-55-31-26-52-53-55/h9-12,16-19,21-24,26,31,33-34H,7-8,13-15,20,25,27-30,32H2,1-6H3,(H3-,51,58,59,60,61,64,65,66,67,68,69)/p+1. The maximum Gasteiger partial charge on any atom is 0.295 e. The van der Waals surface area contributed by atoms with Gasteiger partial charge in [-0.15, -0.1) is 5.10 Å². The van der Waals surface area contributed by atoms with Crippen LogP contribution in [-0.2, 0) is 62.5 Å². The number of fused-ring (bicyclic) bond motifs is 6. The van der Waals surface area contributed by atoms with Crippen LogP contribution in [0, 0.1) is 0 Å². The molecule has 3 heterocycles. The zero-order valence-electron chi connectivity index (χ0n) is 41.6. The summed E-state index contributed by atoms with van der Waals surface area (Å²) >= 11 is 0. The Morgan fingerprint density at radius 2 is 1.51 bits per heavy atom. The third-order valence-corrected chi connectivity index (χ3v) is 17.9. The molecule has 19 nitrogen and oxygen atoms in total. The maximum atomic E-state index is 14.2. The highest BCUT2D eigenvalue weighted by Gasteiger charge is 2.46. The van der Waals surface area contributed by atoms with Gasteiger partial charge < -0.3 is 10.2 Å². The van der Waals surface area contributed by atoms with Crippen LogP contribution in [0.2, 0.25) is 0 Å². The molecule has 0 unspecified atom stereocenters. The van der Waals surface area contributed by atoms with E-state index >= 15 is 0 Å². The number of sulfonamides is 1. The van der Waals surface area contributed by atoms with E-state index in [1.165, 1.54) is 23.5 Å². The SMILES string of the molecule is CCCCN1/C(=C/C=C/C=C/C2=[N+](CCCS(=O)(=O)O)c3ccc4c(S(=O)(=O)N(C)CCCC(=O)NCCCn5ccnn5)cccc4c3C2(C)C)C(C)(C)c2c1ccc1c(S(=O)(=O)O)cc(S(=O)(=O)O)cc21. The molecule has 1 amide bonds. The number of aryl methyl sites for hydroxylation is 1. The van der Waals surface area contributed by atoms with Crippen molar-refractivity contribution >= 4 is 84.9 Å². The molecule has 0 spiro atoms. The van der Waals surface area contributed by atoms with Crippen molar-refractivity contribution in [2.75, 3.05) is 43.9 Å². The second-order valence-corrected chi connectivity index (χ2v) is 25.7. The fourth-order valence-electron chi connectivity index (χ4n) is 10.0. The quantitative estimate of drug-likeness (QED) is 0.0237. The molecule has 5 aromatic rings. The third kappa shape index (κ3) is 11.7. The fourth-order valence-corrected chi connectivity index (χ4v) is 13.3. The summed E-state index contributed by atoms with van der Waals surface area (Å²) in [5, 5.41) is 12.0. The van der Waals surface area contributed by atoms with Crippen molar-refractivity contribution in [3.63, 3.8) is 0 Å². The van der Waals surface area contributed by atoms with Gasteiger partial charge in [0.2, 0.25) is 21.6 Å². The van der Waals surface area contributed by atoms with Crippen LogP contribution in [0.25, 0.3) is 21.5 Å². The summed E-state index contributed by atoms with van der Waals surface area (Å²) in [5.74, 6) is -0.662. The van der Waals surface area contributed by atoms with Gasteiger partial charge in [-0.2, -0.15) is 29.8 Å².